The van der Waals surface area contributed by atoms with Crippen molar-refractivity contribution >= 4 is 5.82 Å². The first-order valence-corrected chi connectivity index (χ1v) is 3.38. The van der Waals surface area contributed by atoms with Gasteiger partial charge in [-0.15, -0.1) is 0 Å². The number of rotatable bonds is 2. The van der Waals surface area contributed by atoms with Crippen molar-refractivity contribution in [1.82, 2.24) is 15.0 Å². The molecule has 62 valence electrons. The van der Waals surface area contributed by atoms with Crippen LogP contribution in [0.2, 0.25) is 0 Å². The minimum absolute atomic E-state index is 0.319. The Morgan fingerprint density at radius 1 is 1.42 bits per heavy atom. The summed E-state index contributed by atoms with van der Waals surface area (Å²) in [6.45, 7) is 0. The molecular weight excluding hydrogens is 154 g/mol. The van der Waals surface area contributed by atoms with Crippen molar-refractivity contribution in [3.8, 4) is 6.07 Å². The molecular formula is C7H9N5. The summed E-state index contributed by atoms with van der Waals surface area (Å²) in [5, 5.41) is 10.2. The number of nitriles is 1. The second-order valence-corrected chi connectivity index (χ2v) is 2.40. The third-order valence-electron chi connectivity index (χ3n) is 1.10. The van der Waals surface area contributed by atoms with Crippen LogP contribution in [0, 0.1) is 11.3 Å². The predicted molar refractivity (Wildman–Crippen MR) is 44.1 cm³/mol. The van der Waals surface area contributed by atoms with Gasteiger partial charge in [0.05, 0.1) is 12.4 Å². The van der Waals surface area contributed by atoms with E-state index in [2.05, 4.69) is 15.4 Å². The van der Waals surface area contributed by atoms with Gasteiger partial charge < -0.3 is 5.43 Å². The van der Waals surface area contributed by atoms with Crippen LogP contribution < -0.4 is 5.43 Å². The van der Waals surface area contributed by atoms with Gasteiger partial charge in [-0.2, -0.15) is 5.26 Å². The highest BCUT2D eigenvalue weighted by molar-refractivity contribution is 5.31. The van der Waals surface area contributed by atoms with E-state index in [9.17, 15) is 0 Å². The molecule has 1 aromatic rings. The van der Waals surface area contributed by atoms with Gasteiger partial charge in [-0.25, -0.2) is 15.0 Å². The van der Waals surface area contributed by atoms with Crippen molar-refractivity contribution in [3.05, 3.63) is 18.1 Å². The largest absolute Gasteiger partial charge is 0.302 e. The second kappa shape index (κ2) is 3.64. The average Bonchev–Trinajstić information content (AvgIpc) is 2.05. The third-order valence-corrected chi connectivity index (χ3v) is 1.10. The molecule has 0 unspecified atom stereocenters. The van der Waals surface area contributed by atoms with Gasteiger partial charge in [0.15, 0.2) is 11.5 Å². The average molecular weight is 163 g/mol. The van der Waals surface area contributed by atoms with Crippen molar-refractivity contribution in [3.63, 3.8) is 0 Å². The molecule has 0 aliphatic heterocycles. The number of hydrazine groups is 1. The molecule has 1 rings (SSSR count). The molecule has 1 aromatic heterocycles. The molecule has 12 heavy (non-hydrogen) atoms. The van der Waals surface area contributed by atoms with Crippen molar-refractivity contribution < 1.29 is 0 Å². The minimum Gasteiger partial charge on any atom is -0.302 e. The lowest BCUT2D eigenvalue weighted by Gasteiger charge is -2.11. The van der Waals surface area contributed by atoms with Gasteiger partial charge in [-0.3, -0.25) is 0 Å². The lowest BCUT2D eigenvalue weighted by molar-refractivity contribution is 0.492. The van der Waals surface area contributed by atoms with E-state index in [1.807, 2.05) is 20.2 Å². The number of aromatic nitrogens is 2. The summed E-state index contributed by atoms with van der Waals surface area (Å²) in [6.07, 6.45) is 2.93. The Morgan fingerprint density at radius 3 is 2.58 bits per heavy atom. The van der Waals surface area contributed by atoms with Crippen LogP contribution in [0.1, 0.15) is 5.69 Å². The van der Waals surface area contributed by atoms with E-state index in [-0.39, 0.29) is 0 Å². The topological polar surface area (TPSA) is 64.8 Å². The lowest BCUT2D eigenvalue weighted by Crippen LogP contribution is -2.20. The van der Waals surface area contributed by atoms with Gasteiger partial charge in [0.2, 0.25) is 0 Å². The summed E-state index contributed by atoms with van der Waals surface area (Å²) >= 11 is 0. The zero-order valence-corrected chi connectivity index (χ0v) is 6.94. The molecule has 0 spiro atoms. The molecule has 0 bridgehead atoms. The van der Waals surface area contributed by atoms with Gasteiger partial charge in [-0.1, -0.05) is 0 Å². The van der Waals surface area contributed by atoms with Crippen molar-refractivity contribution in [2.24, 2.45) is 0 Å². The van der Waals surface area contributed by atoms with Crippen LogP contribution in [-0.4, -0.2) is 29.1 Å². The van der Waals surface area contributed by atoms with E-state index < -0.39 is 0 Å². The molecule has 0 fully saturated rings. The van der Waals surface area contributed by atoms with Crippen LogP contribution in [0.5, 0.6) is 0 Å². The normalized spacial score (nSPS) is 9.50. The number of nitrogens with one attached hydrogen (secondary N) is 1. The molecule has 1 heterocycles. The molecule has 1 N–H and O–H groups in total. The van der Waals surface area contributed by atoms with E-state index >= 15 is 0 Å². The maximum absolute atomic E-state index is 8.43. The highest BCUT2D eigenvalue weighted by atomic mass is 15.5. The molecule has 0 aliphatic carbocycles. The maximum Gasteiger partial charge on any atom is 0.159 e. The van der Waals surface area contributed by atoms with E-state index in [4.69, 9.17) is 5.26 Å². The van der Waals surface area contributed by atoms with E-state index in [1.165, 1.54) is 12.4 Å². The quantitative estimate of drug-likeness (QED) is 0.632. The van der Waals surface area contributed by atoms with Crippen LogP contribution in [0.3, 0.4) is 0 Å². The van der Waals surface area contributed by atoms with Crippen LogP contribution in [0.4, 0.5) is 5.82 Å². The Balaban J connectivity index is 2.73. The van der Waals surface area contributed by atoms with Gasteiger partial charge in [-0.05, 0) is 0 Å². The standard InChI is InChI=1S/C7H9N5/c1-12(2)11-7-5-9-6(3-8)4-10-7/h4-5H,1-2H3,(H,10,11). The first-order valence-electron chi connectivity index (χ1n) is 3.38. The summed E-state index contributed by atoms with van der Waals surface area (Å²) in [5.41, 5.74) is 3.23. The van der Waals surface area contributed by atoms with Crippen LogP contribution >= 0.6 is 0 Å². The monoisotopic (exact) mass is 163 g/mol. The second-order valence-electron chi connectivity index (χ2n) is 2.40. The molecule has 5 heteroatoms. The number of hydrogen-bond acceptors (Lipinski definition) is 5. The van der Waals surface area contributed by atoms with Gasteiger partial charge >= 0.3 is 0 Å². The van der Waals surface area contributed by atoms with E-state index in [0.717, 1.165) is 0 Å². The first kappa shape index (κ1) is 8.43. The Kier molecular flexibility index (Phi) is 2.56. The van der Waals surface area contributed by atoms with Gasteiger partial charge in [0.25, 0.3) is 0 Å². The van der Waals surface area contributed by atoms with E-state index in [1.54, 1.807) is 5.01 Å². The van der Waals surface area contributed by atoms with Crippen molar-refractivity contribution in [1.29, 1.82) is 5.26 Å². The fourth-order valence-corrected chi connectivity index (χ4v) is 0.673. The summed E-state index contributed by atoms with van der Waals surface area (Å²) in [7, 11) is 3.69. The fourth-order valence-electron chi connectivity index (χ4n) is 0.673. The number of anilines is 1. The number of nitrogens with zero attached hydrogens (tertiary/aromatic N) is 4. The SMILES string of the molecule is CN(C)Nc1cnc(C#N)cn1. The van der Waals surface area contributed by atoms with Crippen LogP contribution in [0.15, 0.2) is 12.4 Å². The number of hydrogen-bond donors (Lipinski definition) is 1. The Morgan fingerprint density at radius 2 is 2.17 bits per heavy atom. The first-order chi connectivity index (χ1) is 5.72. The van der Waals surface area contributed by atoms with Crippen LogP contribution in [0.25, 0.3) is 0 Å². The van der Waals surface area contributed by atoms with Crippen molar-refractivity contribution in [2.75, 3.05) is 19.5 Å². The van der Waals surface area contributed by atoms with Gasteiger partial charge in [0.1, 0.15) is 6.07 Å². The molecule has 0 aromatic carbocycles. The van der Waals surface area contributed by atoms with E-state index in [0.29, 0.717) is 11.5 Å². The summed E-state index contributed by atoms with van der Waals surface area (Å²) in [6, 6.07) is 1.89. The Hall–Kier alpha value is -1.67. The van der Waals surface area contributed by atoms with Gasteiger partial charge in [0, 0.05) is 14.1 Å². The zero-order chi connectivity index (χ0) is 8.97. The maximum atomic E-state index is 8.43. The lowest BCUT2D eigenvalue weighted by atomic mass is 10.5. The highest BCUT2D eigenvalue weighted by Crippen LogP contribution is 1.99. The minimum atomic E-state index is 0.319. The molecule has 0 saturated carbocycles. The summed E-state index contributed by atoms with van der Waals surface area (Å²) < 4.78 is 0. The summed E-state index contributed by atoms with van der Waals surface area (Å²) in [4.78, 5) is 7.79. The molecule has 0 aliphatic rings. The summed E-state index contributed by atoms with van der Waals surface area (Å²) in [5.74, 6) is 0.624. The fraction of sp³-hybridized carbons (Fsp3) is 0.286. The highest BCUT2D eigenvalue weighted by Gasteiger charge is 1.95. The van der Waals surface area contributed by atoms with Crippen LogP contribution in [-0.2, 0) is 0 Å². The predicted octanol–water partition coefficient (Wildman–Crippen LogP) is 0.237. The Bertz CT molecular complexity index is 284. The molecule has 0 saturated heterocycles. The molecule has 0 amide bonds. The Labute approximate surface area is 70.6 Å². The zero-order valence-electron chi connectivity index (χ0n) is 6.94. The molecule has 0 atom stereocenters. The molecule has 5 nitrogen and oxygen atoms in total. The van der Waals surface area contributed by atoms with Crippen molar-refractivity contribution in [2.45, 2.75) is 0 Å². The third kappa shape index (κ3) is 2.18. The molecule has 0 radical (unpaired) electrons. The smallest absolute Gasteiger partial charge is 0.159 e.